The van der Waals surface area contributed by atoms with Gasteiger partial charge in [0.05, 0.1) is 5.41 Å². The van der Waals surface area contributed by atoms with Crippen molar-refractivity contribution in [2.24, 2.45) is 0 Å². The van der Waals surface area contributed by atoms with Crippen LogP contribution in [0.25, 0.3) is 16.7 Å². The van der Waals surface area contributed by atoms with E-state index in [4.69, 9.17) is 0 Å². The molecular formula is C44H58. The summed E-state index contributed by atoms with van der Waals surface area (Å²) in [6, 6.07) is 32.0. The van der Waals surface area contributed by atoms with Crippen molar-refractivity contribution in [3.05, 3.63) is 148 Å². The van der Waals surface area contributed by atoms with Crippen LogP contribution in [0, 0.1) is 6.92 Å². The van der Waals surface area contributed by atoms with Crippen molar-refractivity contribution in [2.45, 2.75) is 107 Å². The summed E-state index contributed by atoms with van der Waals surface area (Å²) < 4.78 is 0. The number of allylic oxidation sites excluding steroid dienone is 2. The number of hydrogen-bond acceptors (Lipinski definition) is 0. The molecule has 0 saturated heterocycles. The van der Waals surface area contributed by atoms with Crippen LogP contribution in [0.1, 0.15) is 134 Å². The van der Waals surface area contributed by atoms with Crippen LogP contribution in [0.15, 0.2) is 104 Å². The highest BCUT2D eigenvalue weighted by molar-refractivity contribution is 5.94. The lowest BCUT2D eigenvalue weighted by atomic mass is 9.55. The number of aryl methyl sites for hydroxylation is 1. The van der Waals surface area contributed by atoms with Gasteiger partial charge in [-0.3, -0.25) is 0 Å². The number of benzene rings is 4. The number of rotatable bonds is 2. The van der Waals surface area contributed by atoms with Crippen molar-refractivity contribution in [1.29, 1.82) is 0 Å². The minimum absolute atomic E-state index is 0.0575. The normalized spacial score (nSPS) is 13.3. The zero-order chi connectivity index (χ0) is 33.2. The molecule has 2 aliphatic rings. The highest BCUT2D eigenvalue weighted by Crippen LogP contribution is 2.62. The molecule has 0 aromatic heterocycles. The second-order valence-corrected chi connectivity index (χ2v) is 12.2. The minimum atomic E-state index is -0.313. The van der Waals surface area contributed by atoms with Crippen molar-refractivity contribution >= 4 is 5.57 Å². The summed E-state index contributed by atoms with van der Waals surface area (Å²) in [6.07, 6.45) is 2.64. The molecule has 1 spiro atoms. The van der Waals surface area contributed by atoms with Gasteiger partial charge in [0.25, 0.3) is 0 Å². The van der Waals surface area contributed by atoms with Gasteiger partial charge >= 0.3 is 0 Å². The van der Waals surface area contributed by atoms with Gasteiger partial charge in [-0.05, 0) is 77.8 Å². The SMILES string of the molecule is C=C(C)C.C=C(C)c1cccc2c1-c1cc(C)ccc1C21c2ccccc2C(C)(C)c2ccccc21.CC.CC.CCCC. The van der Waals surface area contributed by atoms with Gasteiger partial charge in [-0.15, -0.1) is 6.58 Å². The molecular weight excluding hydrogens is 528 g/mol. The predicted octanol–water partition coefficient (Wildman–Crippen LogP) is 13.5. The summed E-state index contributed by atoms with van der Waals surface area (Å²) in [7, 11) is 0. The third kappa shape index (κ3) is 6.56. The molecule has 44 heavy (non-hydrogen) atoms. The minimum Gasteiger partial charge on any atom is -0.100 e. The van der Waals surface area contributed by atoms with Crippen molar-refractivity contribution in [3.63, 3.8) is 0 Å². The van der Waals surface area contributed by atoms with Gasteiger partial charge in [-0.1, -0.05) is 176 Å². The third-order valence-corrected chi connectivity index (χ3v) is 8.29. The summed E-state index contributed by atoms with van der Waals surface area (Å²) in [4.78, 5) is 0. The van der Waals surface area contributed by atoms with Crippen LogP contribution in [0.2, 0.25) is 0 Å². The molecule has 0 N–H and O–H groups in total. The zero-order valence-electron chi connectivity index (χ0n) is 29.9. The summed E-state index contributed by atoms with van der Waals surface area (Å²) in [5, 5.41) is 0. The number of unbranched alkanes of at least 4 members (excludes halogenated alkanes) is 1. The molecule has 6 rings (SSSR count). The van der Waals surface area contributed by atoms with Gasteiger partial charge in [-0.25, -0.2) is 0 Å². The Hall–Kier alpha value is -3.64. The van der Waals surface area contributed by atoms with E-state index in [0.717, 1.165) is 5.57 Å². The molecule has 0 nitrogen and oxygen atoms in total. The van der Waals surface area contributed by atoms with E-state index in [1.54, 1.807) is 0 Å². The molecule has 0 fully saturated rings. The van der Waals surface area contributed by atoms with Crippen molar-refractivity contribution < 1.29 is 0 Å². The molecule has 0 aliphatic heterocycles. The molecule has 4 aromatic rings. The Morgan fingerprint density at radius 3 is 1.45 bits per heavy atom. The molecule has 234 valence electrons. The molecule has 0 saturated carbocycles. The number of fused-ring (bicyclic) bond motifs is 9. The van der Waals surface area contributed by atoms with Crippen LogP contribution in [0.4, 0.5) is 0 Å². The van der Waals surface area contributed by atoms with Gasteiger partial charge in [0.1, 0.15) is 0 Å². The lowest BCUT2D eigenvalue weighted by Crippen LogP contribution is -2.40. The van der Waals surface area contributed by atoms with Crippen LogP contribution in [0.3, 0.4) is 0 Å². The molecule has 0 atom stereocenters. The molecule has 0 amide bonds. The number of hydrogen-bond donors (Lipinski definition) is 0. The second kappa shape index (κ2) is 15.9. The van der Waals surface area contributed by atoms with E-state index in [0.29, 0.717) is 0 Å². The summed E-state index contributed by atoms with van der Waals surface area (Å²) in [5.74, 6) is 0. The van der Waals surface area contributed by atoms with E-state index in [1.807, 2.05) is 41.5 Å². The maximum atomic E-state index is 4.34. The Morgan fingerprint density at radius 1 is 0.591 bits per heavy atom. The Balaban J connectivity index is 0.000000492. The van der Waals surface area contributed by atoms with E-state index >= 15 is 0 Å². The van der Waals surface area contributed by atoms with Gasteiger partial charge in [0.15, 0.2) is 0 Å². The lowest BCUT2D eigenvalue weighted by molar-refractivity contribution is 0.563. The average Bonchev–Trinajstić information content (AvgIpc) is 3.32. The molecule has 0 heterocycles. The fourth-order valence-electron chi connectivity index (χ4n) is 6.43. The maximum absolute atomic E-state index is 4.34. The van der Waals surface area contributed by atoms with E-state index in [9.17, 15) is 0 Å². The maximum Gasteiger partial charge on any atom is 0.0719 e. The van der Waals surface area contributed by atoms with Gasteiger partial charge < -0.3 is 0 Å². The van der Waals surface area contributed by atoms with Crippen LogP contribution in [0.5, 0.6) is 0 Å². The van der Waals surface area contributed by atoms with E-state index < -0.39 is 0 Å². The van der Waals surface area contributed by atoms with E-state index in [-0.39, 0.29) is 10.8 Å². The van der Waals surface area contributed by atoms with Gasteiger partial charge in [0.2, 0.25) is 0 Å². The molecule has 0 heteroatoms. The first-order valence-corrected chi connectivity index (χ1v) is 16.8. The standard InChI is InChI=1S/C32H28.C4H8.C4H10.2C2H6/c1-20(2)22-11-10-16-29-30(22)23-19-21(3)17-18-24(23)32(29)27-14-8-6-12-25(27)31(4,5)26-13-7-9-15-28(26)32;1-4(2)3;1-3-4-2;2*1-2/h6-19H,1H2,2-5H3;1H2,2-3H3;3-4H2,1-2H3;2*1-2H3. The predicted molar refractivity (Wildman–Crippen MR) is 199 cm³/mol. The Bertz CT molecular complexity index is 1500. The highest BCUT2D eigenvalue weighted by atomic mass is 14.5. The monoisotopic (exact) mass is 586 g/mol. The first-order chi connectivity index (χ1) is 21.0. The van der Waals surface area contributed by atoms with Gasteiger partial charge in [0, 0.05) is 5.41 Å². The van der Waals surface area contributed by atoms with E-state index in [2.05, 4.69) is 140 Å². The van der Waals surface area contributed by atoms with Crippen LogP contribution >= 0.6 is 0 Å². The lowest BCUT2D eigenvalue weighted by Gasteiger charge is -2.46. The molecule has 4 aromatic carbocycles. The zero-order valence-corrected chi connectivity index (χ0v) is 29.9. The average molecular weight is 587 g/mol. The van der Waals surface area contributed by atoms with E-state index in [1.165, 1.54) is 74.0 Å². The van der Waals surface area contributed by atoms with Crippen molar-refractivity contribution in [1.82, 2.24) is 0 Å². The third-order valence-electron chi connectivity index (χ3n) is 8.29. The first kappa shape index (κ1) is 36.6. The molecule has 0 bridgehead atoms. The quantitative estimate of drug-likeness (QED) is 0.180. The fourth-order valence-corrected chi connectivity index (χ4v) is 6.43. The van der Waals surface area contributed by atoms with Crippen LogP contribution in [-0.4, -0.2) is 0 Å². The van der Waals surface area contributed by atoms with Crippen LogP contribution in [-0.2, 0) is 10.8 Å². The van der Waals surface area contributed by atoms with Gasteiger partial charge in [-0.2, -0.15) is 0 Å². The first-order valence-electron chi connectivity index (χ1n) is 16.8. The summed E-state index contributed by atoms with van der Waals surface area (Å²) in [6.45, 7) is 33.3. The highest BCUT2D eigenvalue weighted by Gasteiger charge is 2.53. The van der Waals surface area contributed by atoms with Crippen molar-refractivity contribution in [3.8, 4) is 11.1 Å². The molecule has 0 unspecified atom stereocenters. The fraction of sp³-hybridized carbons (Fsp3) is 0.364. The largest absolute Gasteiger partial charge is 0.100 e. The smallest absolute Gasteiger partial charge is 0.0719 e. The Labute approximate surface area is 271 Å². The Kier molecular flexibility index (Phi) is 13.2. The summed E-state index contributed by atoms with van der Waals surface area (Å²) >= 11 is 0. The molecule has 0 radical (unpaired) electrons. The van der Waals surface area contributed by atoms with Crippen LogP contribution < -0.4 is 0 Å². The van der Waals surface area contributed by atoms with Crippen molar-refractivity contribution in [2.75, 3.05) is 0 Å². The second-order valence-electron chi connectivity index (χ2n) is 12.2. The summed E-state index contributed by atoms with van der Waals surface area (Å²) in [5.41, 5.74) is 15.6. The molecule has 2 aliphatic carbocycles. The topological polar surface area (TPSA) is 0 Å². The Morgan fingerprint density at radius 2 is 1.02 bits per heavy atom.